The van der Waals surface area contributed by atoms with Crippen LogP contribution in [0.1, 0.15) is 30.1 Å². The van der Waals surface area contributed by atoms with Crippen LogP contribution in [0.25, 0.3) is 0 Å². The predicted molar refractivity (Wildman–Crippen MR) is 100 cm³/mol. The highest BCUT2D eigenvalue weighted by molar-refractivity contribution is 5.06. The molecule has 0 spiro atoms. The fraction of sp³-hybridized carbons (Fsp3) is 0.632. The molecule has 4 rings (SSSR count). The fourth-order valence-electron chi connectivity index (χ4n) is 3.90. The van der Waals surface area contributed by atoms with Crippen LogP contribution in [0.5, 0.6) is 0 Å². The minimum absolute atomic E-state index is 0.0158. The van der Waals surface area contributed by atoms with Crippen LogP contribution >= 0.6 is 0 Å². The number of aromatic nitrogens is 4. The summed E-state index contributed by atoms with van der Waals surface area (Å²) in [6, 6.07) is 3.37. The Morgan fingerprint density at radius 3 is 2.62 bits per heavy atom. The lowest BCUT2D eigenvalue weighted by Gasteiger charge is -2.34. The normalized spacial score (nSPS) is 18.8. The van der Waals surface area contributed by atoms with Crippen molar-refractivity contribution in [3.05, 3.63) is 45.9 Å². The number of piperazine rings is 1. The van der Waals surface area contributed by atoms with E-state index in [1.165, 1.54) is 24.4 Å². The molecule has 2 aliphatic rings. The smallest absolute Gasteiger partial charge is 0.266 e. The molecule has 0 saturated carbocycles. The number of nitrogens with zero attached hydrogens (tertiary/aromatic N) is 6. The first kappa shape index (κ1) is 17.4. The molecule has 1 saturated heterocycles. The van der Waals surface area contributed by atoms with Gasteiger partial charge in [0.25, 0.3) is 5.56 Å². The molecule has 7 nitrogen and oxygen atoms in total. The SMILES string of the molecule is Cc1ccc(=O)n(CCN2CCN(Cc3cn4c(n3)CCCC4)CC2)n1. The highest BCUT2D eigenvalue weighted by atomic mass is 16.1. The summed E-state index contributed by atoms with van der Waals surface area (Å²) in [5, 5.41) is 4.32. The van der Waals surface area contributed by atoms with Crippen LogP contribution in [0.15, 0.2) is 23.1 Å². The number of hydrogen-bond acceptors (Lipinski definition) is 5. The van der Waals surface area contributed by atoms with Gasteiger partial charge in [0.1, 0.15) is 5.82 Å². The molecule has 1 fully saturated rings. The van der Waals surface area contributed by atoms with Crippen LogP contribution < -0.4 is 5.56 Å². The van der Waals surface area contributed by atoms with Gasteiger partial charge in [0.15, 0.2) is 0 Å². The Hall–Kier alpha value is -1.99. The molecule has 0 bridgehead atoms. The van der Waals surface area contributed by atoms with Gasteiger partial charge in [-0.1, -0.05) is 0 Å². The molecule has 0 atom stereocenters. The van der Waals surface area contributed by atoms with E-state index in [0.717, 1.165) is 57.9 Å². The van der Waals surface area contributed by atoms with Gasteiger partial charge >= 0.3 is 0 Å². The topological polar surface area (TPSA) is 59.2 Å². The molecule has 0 aliphatic carbocycles. The van der Waals surface area contributed by atoms with Crippen molar-refractivity contribution in [2.75, 3.05) is 32.7 Å². The van der Waals surface area contributed by atoms with Gasteiger partial charge in [-0.25, -0.2) is 9.67 Å². The van der Waals surface area contributed by atoms with Gasteiger partial charge in [0, 0.05) is 64.5 Å². The summed E-state index contributed by atoms with van der Waals surface area (Å²) in [5.74, 6) is 1.26. The Labute approximate surface area is 154 Å². The molecule has 0 unspecified atom stereocenters. The minimum atomic E-state index is -0.0158. The standard InChI is InChI=1S/C19H28N6O/c1-16-5-6-19(26)25(21-16)13-12-22-8-10-23(11-9-22)14-17-15-24-7-3-2-4-18(24)20-17/h5-6,15H,2-4,7-14H2,1H3. The van der Waals surface area contributed by atoms with Gasteiger partial charge in [-0.15, -0.1) is 0 Å². The lowest BCUT2D eigenvalue weighted by Crippen LogP contribution is -2.47. The third kappa shape index (κ3) is 4.04. The van der Waals surface area contributed by atoms with Crippen molar-refractivity contribution in [2.45, 2.75) is 45.8 Å². The van der Waals surface area contributed by atoms with Crippen LogP contribution in [-0.4, -0.2) is 61.9 Å². The Kier molecular flexibility index (Phi) is 5.17. The average Bonchev–Trinajstić information content (AvgIpc) is 3.06. The molecule has 0 amide bonds. The van der Waals surface area contributed by atoms with E-state index in [2.05, 4.69) is 25.7 Å². The minimum Gasteiger partial charge on any atom is -0.335 e. The van der Waals surface area contributed by atoms with E-state index < -0.39 is 0 Å². The molecule has 2 aliphatic heterocycles. The van der Waals surface area contributed by atoms with Crippen molar-refractivity contribution in [3.63, 3.8) is 0 Å². The highest BCUT2D eigenvalue weighted by Gasteiger charge is 2.19. The van der Waals surface area contributed by atoms with Crippen molar-refractivity contribution >= 4 is 0 Å². The Bertz CT molecular complexity index is 779. The number of rotatable bonds is 5. The van der Waals surface area contributed by atoms with E-state index in [0.29, 0.717) is 6.54 Å². The van der Waals surface area contributed by atoms with E-state index in [1.807, 2.05) is 6.92 Å². The summed E-state index contributed by atoms with van der Waals surface area (Å²) >= 11 is 0. The van der Waals surface area contributed by atoms with Crippen molar-refractivity contribution in [3.8, 4) is 0 Å². The van der Waals surface area contributed by atoms with Crippen LogP contribution in [0.2, 0.25) is 0 Å². The first-order chi connectivity index (χ1) is 12.7. The summed E-state index contributed by atoms with van der Waals surface area (Å²) in [6.45, 7) is 9.72. The monoisotopic (exact) mass is 356 g/mol. The third-order valence-corrected chi connectivity index (χ3v) is 5.44. The molecular weight excluding hydrogens is 328 g/mol. The second-order valence-corrected chi connectivity index (χ2v) is 7.45. The van der Waals surface area contributed by atoms with Gasteiger partial charge in [-0.05, 0) is 25.8 Å². The zero-order valence-corrected chi connectivity index (χ0v) is 15.6. The maximum Gasteiger partial charge on any atom is 0.266 e. The zero-order valence-electron chi connectivity index (χ0n) is 15.6. The summed E-state index contributed by atoms with van der Waals surface area (Å²) in [6.07, 6.45) is 5.92. The van der Waals surface area contributed by atoms with Crippen molar-refractivity contribution in [1.29, 1.82) is 0 Å². The van der Waals surface area contributed by atoms with Gasteiger partial charge in [-0.3, -0.25) is 14.6 Å². The van der Waals surface area contributed by atoms with Gasteiger partial charge in [0.2, 0.25) is 0 Å². The first-order valence-corrected chi connectivity index (χ1v) is 9.72. The second-order valence-electron chi connectivity index (χ2n) is 7.45. The lowest BCUT2D eigenvalue weighted by molar-refractivity contribution is 0.121. The predicted octanol–water partition coefficient (Wildman–Crippen LogP) is 0.902. The van der Waals surface area contributed by atoms with Gasteiger partial charge in [-0.2, -0.15) is 5.10 Å². The fourth-order valence-corrected chi connectivity index (χ4v) is 3.90. The Morgan fingerprint density at radius 2 is 1.81 bits per heavy atom. The van der Waals surface area contributed by atoms with Crippen LogP contribution in [-0.2, 0) is 26.1 Å². The zero-order chi connectivity index (χ0) is 17.9. The molecule has 2 aromatic rings. The third-order valence-electron chi connectivity index (χ3n) is 5.44. The van der Waals surface area contributed by atoms with Crippen LogP contribution in [0.4, 0.5) is 0 Å². The highest BCUT2D eigenvalue weighted by Crippen LogP contribution is 2.16. The van der Waals surface area contributed by atoms with Gasteiger partial charge in [0.05, 0.1) is 17.9 Å². The van der Waals surface area contributed by atoms with E-state index in [4.69, 9.17) is 4.98 Å². The van der Waals surface area contributed by atoms with E-state index in [1.54, 1.807) is 16.8 Å². The van der Waals surface area contributed by atoms with E-state index in [9.17, 15) is 4.79 Å². The molecule has 4 heterocycles. The van der Waals surface area contributed by atoms with E-state index >= 15 is 0 Å². The summed E-state index contributed by atoms with van der Waals surface area (Å²) in [7, 11) is 0. The van der Waals surface area contributed by atoms with Crippen molar-refractivity contribution in [2.24, 2.45) is 0 Å². The molecule has 140 valence electrons. The molecule has 0 N–H and O–H groups in total. The van der Waals surface area contributed by atoms with Crippen molar-refractivity contribution in [1.82, 2.24) is 29.1 Å². The largest absolute Gasteiger partial charge is 0.335 e. The maximum absolute atomic E-state index is 11.8. The molecule has 26 heavy (non-hydrogen) atoms. The number of hydrogen-bond donors (Lipinski definition) is 0. The summed E-state index contributed by atoms with van der Waals surface area (Å²) in [5.41, 5.74) is 2.08. The number of imidazole rings is 1. The van der Waals surface area contributed by atoms with Crippen LogP contribution in [0, 0.1) is 6.92 Å². The van der Waals surface area contributed by atoms with E-state index in [-0.39, 0.29) is 5.56 Å². The Balaban J connectivity index is 1.25. The van der Waals surface area contributed by atoms with Crippen LogP contribution in [0.3, 0.4) is 0 Å². The Morgan fingerprint density at radius 1 is 1.00 bits per heavy atom. The van der Waals surface area contributed by atoms with Crippen molar-refractivity contribution < 1.29 is 0 Å². The van der Waals surface area contributed by atoms with Gasteiger partial charge < -0.3 is 4.57 Å². The lowest BCUT2D eigenvalue weighted by atomic mass is 10.2. The quantitative estimate of drug-likeness (QED) is 0.797. The molecule has 2 aromatic heterocycles. The number of aryl methyl sites for hydroxylation is 3. The molecule has 0 aromatic carbocycles. The second kappa shape index (κ2) is 7.72. The molecule has 7 heteroatoms. The maximum atomic E-state index is 11.8. The average molecular weight is 356 g/mol. The molecular formula is C19H28N6O. The first-order valence-electron chi connectivity index (χ1n) is 9.72. The number of fused-ring (bicyclic) bond motifs is 1. The molecule has 0 radical (unpaired) electrons. The summed E-state index contributed by atoms with van der Waals surface area (Å²) in [4.78, 5) is 21.6. The summed E-state index contributed by atoms with van der Waals surface area (Å²) < 4.78 is 3.92.